The normalized spacial score (nSPS) is 12.2. The summed E-state index contributed by atoms with van der Waals surface area (Å²) < 4.78 is 0. The van der Waals surface area contributed by atoms with Crippen LogP contribution in [0.5, 0.6) is 0 Å². The zero-order valence-corrected chi connectivity index (χ0v) is 11.7. The van der Waals surface area contributed by atoms with E-state index >= 15 is 0 Å². The lowest BCUT2D eigenvalue weighted by Gasteiger charge is -2.11. The van der Waals surface area contributed by atoms with Gasteiger partial charge >= 0.3 is 0 Å². The zero-order valence-electron chi connectivity index (χ0n) is 11.7. The highest BCUT2D eigenvalue weighted by Crippen LogP contribution is 2.11. The molecule has 1 heterocycles. The molecule has 1 aromatic heterocycles. The molecule has 0 fully saturated rings. The van der Waals surface area contributed by atoms with Crippen molar-refractivity contribution in [3.05, 3.63) is 54.6 Å². The number of carbonyl (C=O) groups excluding carboxylic acids is 1. The second kappa shape index (κ2) is 5.75. The van der Waals surface area contributed by atoms with Crippen LogP contribution >= 0.6 is 0 Å². The largest absolute Gasteiger partial charge is 0.326 e. The Kier molecular flexibility index (Phi) is 3.64. The van der Waals surface area contributed by atoms with E-state index in [1.54, 1.807) is 4.80 Å². The number of aromatic nitrogens is 3. The Hall–Kier alpha value is -2.69. The smallest absolute Gasteiger partial charge is 0.229 e. The topological polar surface area (TPSA) is 59.8 Å². The number of nitrogens with one attached hydrogen (secondary N) is 1. The molecule has 3 aromatic rings. The number of hydrogen-bond acceptors (Lipinski definition) is 3. The van der Waals surface area contributed by atoms with Gasteiger partial charge in [-0.3, -0.25) is 4.79 Å². The molecule has 0 unspecified atom stereocenters. The highest BCUT2D eigenvalue weighted by Gasteiger charge is 2.15. The predicted octanol–water partition coefficient (Wildman–Crippen LogP) is 2.71. The average molecular weight is 280 g/mol. The number of benzene rings is 2. The van der Waals surface area contributed by atoms with E-state index in [0.717, 1.165) is 16.7 Å². The first-order chi connectivity index (χ1) is 10.2. The zero-order chi connectivity index (χ0) is 14.7. The predicted molar refractivity (Wildman–Crippen MR) is 81.8 cm³/mol. The third-order valence-corrected chi connectivity index (χ3v) is 3.25. The summed E-state index contributed by atoms with van der Waals surface area (Å²) in [5.41, 5.74) is 2.48. The molecule has 0 bridgehead atoms. The summed E-state index contributed by atoms with van der Waals surface area (Å²) in [5, 5.41) is 11.6. The van der Waals surface area contributed by atoms with Crippen molar-refractivity contribution in [2.75, 3.05) is 5.32 Å². The van der Waals surface area contributed by atoms with Crippen LogP contribution in [0, 0.1) is 5.92 Å². The van der Waals surface area contributed by atoms with E-state index in [0.29, 0.717) is 6.54 Å². The number of nitrogens with zero attached hydrogens (tertiary/aromatic N) is 3. The number of amides is 1. The van der Waals surface area contributed by atoms with E-state index in [4.69, 9.17) is 0 Å². The van der Waals surface area contributed by atoms with Crippen molar-refractivity contribution < 1.29 is 4.79 Å². The average Bonchev–Trinajstić information content (AvgIpc) is 2.90. The van der Waals surface area contributed by atoms with Crippen molar-refractivity contribution in [1.29, 1.82) is 0 Å². The Morgan fingerprint density at radius 1 is 1.05 bits per heavy atom. The van der Waals surface area contributed by atoms with Crippen molar-refractivity contribution in [2.24, 2.45) is 5.92 Å². The monoisotopic (exact) mass is 280 g/mol. The molecule has 1 N–H and O–H groups in total. The Bertz CT molecular complexity index is 718. The SMILES string of the molecule is C[C@H](Cn1nc2ccccc2n1)C(=O)Nc1ccccc1. The fraction of sp³-hybridized carbons (Fsp3) is 0.188. The van der Waals surface area contributed by atoms with Crippen molar-refractivity contribution in [2.45, 2.75) is 13.5 Å². The minimum Gasteiger partial charge on any atom is -0.326 e. The number of carbonyl (C=O) groups is 1. The molecular weight excluding hydrogens is 264 g/mol. The minimum atomic E-state index is -0.216. The number of rotatable bonds is 4. The van der Waals surface area contributed by atoms with E-state index in [2.05, 4.69) is 15.5 Å². The van der Waals surface area contributed by atoms with Gasteiger partial charge in [0.15, 0.2) is 0 Å². The molecule has 106 valence electrons. The number of anilines is 1. The van der Waals surface area contributed by atoms with E-state index in [1.807, 2.05) is 61.5 Å². The quantitative estimate of drug-likeness (QED) is 0.799. The van der Waals surface area contributed by atoms with Gasteiger partial charge in [-0.25, -0.2) is 0 Å². The molecule has 0 aliphatic heterocycles. The lowest BCUT2D eigenvalue weighted by atomic mass is 10.1. The van der Waals surface area contributed by atoms with Crippen LogP contribution in [0.3, 0.4) is 0 Å². The van der Waals surface area contributed by atoms with Gasteiger partial charge in [0.2, 0.25) is 5.91 Å². The molecular formula is C16H16N4O. The molecule has 0 aliphatic rings. The summed E-state index contributed by atoms with van der Waals surface area (Å²) in [6.07, 6.45) is 0. The fourth-order valence-corrected chi connectivity index (χ4v) is 2.10. The number of para-hydroxylation sites is 1. The second-order valence-electron chi connectivity index (χ2n) is 5.00. The van der Waals surface area contributed by atoms with Crippen LogP contribution in [0.2, 0.25) is 0 Å². The van der Waals surface area contributed by atoms with Gasteiger partial charge in [-0.2, -0.15) is 15.0 Å². The molecule has 2 aromatic carbocycles. The van der Waals surface area contributed by atoms with Crippen LogP contribution in [0.15, 0.2) is 54.6 Å². The molecule has 0 saturated carbocycles. The van der Waals surface area contributed by atoms with Gasteiger partial charge in [-0.05, 0) is 24.3 Å². The summed E-state index contributed by atoms with van der Waals surface area (Å²) >= 11 is 0. The number of fused-ring (bicyclic) bond motifs is 1. The highest BCUT2D eigenvalue weighted by molar-refractivity contribution is 5.92. The van der Waals surface area contributed by atoms with Crippen molar-refractivity contribution >= 4 is 22.6 Å². The highest BCUT2D eigenvalue weighted by atomic mass is 16.1. The van der Waals surface area contributed by atoms with E-state index in [1.165, 1.54) is 0 Å². The maximum atomic E-state index is 12.2. The fourth-order valence-electron chi connectivity index (χ4n) is 2.10. The molecule has 0 spiro atoms. The molecule has 3 rings (SSSR count). The van der Waals surface area contributed by atoms with Crippen LogP contribution in [0.1, 0.15) is 6.92 Å². The third-order valence-electron chi connectivity index (χ3n) is 3.25. The van der Waals surface area contributed by atoms with Crippen molar-refractivity contribution in [3.63, 3.8) is 0 Å². The van der Waals surface area contributed by atoms with Gasteiger partial charge in [0, 0.05) is 5.69 Å². The summed E-state index contributed by atoms with van der Waals surface area (Å²) in [6.45, 7) is 2.32. The lowest BCUT2D eigenvalue weighted by molar-refractivity contribution is -0.119. The van der Waals surface area contributed by atoms with Crippen LogP contribution in [0.4, 0.5) is 5.69 Å². The van der Waals surface area contributed by atoms with E-state index < -0.39 is 0 Å². The van der Waals surface area contributed by atoms with Gasteiger partial charge < -0.3 is 5.32 Å². The van der Waals surface area contributed by atoms with Gasteiger partial charge in [0.05, 0.1) is 12.5 Å². The van der Waals surface area contributed by atoms with E-state index in [9.17, 15) is 4.79 Å². The lowest BCUT2D eigenvalue weighted by Crippen LogP contribution is -2.25. The molecule has 5 heteroatoms. The summed E-state index contributed by atoms with van der Waals surface area (Å²) in [6, 6.07) is 17.1. The van der Waals surface area contributed by atoms with Crippen molar-refractivity contribution in [3.8, 4) is 0 Å². The van der Waals surface area contributed by atoms with Crippen LogP contribution in [-0.2, 0) is 11.3 Å². The maximum Gasteiger partial charge on any atom is 0.229 e. The van der Waals surface area contributed by atoms with Crippen LogP contribution in [-0.4, -0.2) is 20.9 Å². The summed E-state index contributed by atoms with van der Waals surface area (Å²) in [5.74, 6) is -0.255. The van der Waals surface area contributed by atoms with Crippen LogP contribution < -0.4 is 5.32 Å². The second-order valence-corrected chi connectivity index (χ2v) is 5.00. The van der Waals surface area contributed by atoms with Crippen LogP contribution in [0.25, 0.3) is 11.0 Å². The van der Waals surface area contributed by atoms with Gasteiger partial charge in [-0.1, -0.05) is 37.3 Å². The Morgan fingerprint density at radius 2 is 1.62 bits per heavy atom. The van der Waals surface area contributed by atoms with Gasteiger partial charge in [-0.15, -0.1) is 0 Å². The summed E-state index contributed by atoms with van der Waals surface area (Å²) in [7, 11) is 0. The molecule has 21 heavy (non-hydrogen) atoms. The molecule has 1 amide bonds. The Morgan fingerprint density at radius 3 is 2.24 bits per heavy atom. The summed E-state index contributed by atoms with van der Waals surface area (Å²) in [4.78, 5) is 13.7. The van der Waals surface area contributed by atoms with Gasteiger partial charge in [0.1, 0.15) is 11.0 Å². The Labute approximate surface area is 122 Å². The first kappa shape index (κ1) is 13.3. The minimum absolute atomic E-state index is 0.0393. The standard InChI is InChI=1S/C16H16N4O/c1-12(16(21)17-13-7-3-2-4-8-13)11-20-18-14-9-5-6-10-15(14)19-20/h2-10,12H,11H2,1H3,(H,17,21)/t12-/m1/s1. The Balaban J connectivity index is 1.67. The molecule has 1 atom stereocenters. The van der Waals surface area contributed by atoms with Crippen molar-refractivity contribution in [1.82, 2.24) is 15.0 Å². The maximum absolute atomic E-state index is 12.2. The molecule has 5 nitrogen and oxygen atoms in total. The molecule has 0 radical (unpaired) electrons. The first-order valence-corrected chi connectivity index (χ1v) is 6.88. The molecule has 0 aliphatic carbocycles. The van der Waals surface area contributed by atoms with E-state index in [-0.39, 0.29) is 11.8 Å². The molecule has 0 saturated heterocycles. The third kappa shape index (κ3) is 3.08. The number of hydrogen-bond donors (Lipinski definition) is 1. The van der Waals surface area contributed by atoms with Gasteiger partial charge in [0.25, 0.3) is 0 Å². The first-order valence-electron chi connectivity index (χ1n) is 6.88.